The van der Waals surface area contributed by atoms with E-state index < -0.39 is 12.0 Å². The summed E-state index contributed by atoms with van der Waals surface area (Å²) in [4.78, 5) is 27.8. The Labute approximate surface area is 338 Å². The highest BCUT2D eigenvalue weighted by molar-refractivity contribution is 7.99. The molecule has 1 N–H and O–H groups in total. The molecule has 12 nitrogen and oxygen atoms in total. The Morgan fingerprint density at radius 2 is 1.64 bits per heavy atom. The Bertz CT molecular complexity index is 1560. The molecule has 1 amide bonds. The number of carbonyl (C=O) groups is 2. The Morgan fingerprint density at radius 3 is 2.27 bits per heavy atom. The summed E-state index contributed by atoms with van der Waals surface area (Å²) in [6.07, 6.45) is 8.18. The van der Waals surface area contributed by atoms with E-state index in [-0.39, 0.29) is 18.9 Å². The van der Waals surface area contributed by atoms with Crippen LogP contribution in [0.4, 0.5) is 0 Å². The van der Waals surface area contributed by atoms with Gasteiger partial charge in [-0.05, 0) is 79.3 Å². The van der Waals surface area contributed by atoms with E-state index in [0.29, 0.717) is 29.4 Å². The third-order valence-electron chi connectivity index (χ3n) is 8.65. The molecule has 0 radical (unpaired) electrons. The number of nitrogens with zero attached hydrogens (tertiary/aromatic N) is 2. The van der Waals surface area contributed by atoms with Crippen LogP contribution in [0, 0.1) is 0 Å². The topological polar surface area (TPSA) is 125 Å². The van der Waals surface area contributed by atoms with Crippen LogP contribution in [0.25, 0.3) is 0 Å². The summed E-state index contributed by atoms with van der Waals surface area (Å²) in [6, 6.07) is 13.8. The fraction of sp³-hybridized carbons (Fsp3) is 0.488. The van der Waals surface area contributed by atoms with Crippen LogP contribution in [0.5, 0.6) is 17.2 Å². The zero-order valence-corrected chi connectivity index (χ0v) is 34.9. The number of methoxy groups -OCH3 is 5. The second kappa shape index (κ2) is 28.0. The molecular formula is C43H62N2O10S. The first-order chi connectivity index (χ1) is 27.1. The van der Waals surface area contributed by atoms with Crippen molar-refractivity contribution < 1.29 is 47.9 Å². The number of morpholine rings is 1. The average Bonchev–Trinajstić information content (AvgIpc) is 3.21. The maximum absolute atomic E-state index is 12.7. The van der Waals surface area contributed by atoms with Gasteiger partial charge in [-0.1, -0.05) is 30.9 Å². The Hall–Kier alpha value is -4.43. The number of aryl methyl sites for hydroxylation is 2. The highest BCUT2D eigenvalue weighted by Crippen LogP contribution is 2.28. The van der Waals surface area contributed by atoms with Crippen molar-refractivity contribution in [3.8, 4) is 17.2 Å². The van der Waals surface area contributed by atoms with Crippen molar-refractivity contribution in [3.63, 3.8) is 0 Å². The lowest BCUT2D eigenvalue weighted by Gasteiger charge is -2.32. The number of carboxylic acids is 1. The number of carbonyl (C=O) groups excluding carboxylic acids is 1. The number of ether oxygens (including phenoxy) is 7. The van der Waals surface area contributed by atoms with Gasteiger partial charge in [0.25, 0.3) is 0 Å². The van der Waals surface area contributed by atoms with E-state index in [9.17, 15) is 14.7 Å². The largest absolute Gasteiger partial charge is 0.499 e. The zero-order valence-electron chi connectivity index (χ0n) is 34.1. The highest BCUT2D eigenvalue weighted by atomic mass is 32.2. The zero-order chi connectivity index (χ0) is 41.1. The maximum atomic E-state index is 12.7. The van der Waals surface area contributed by atoms with Crippen LogP contribution < -0.4 is 14.2 Å². The highest BCUT2D eigenvalue weighted by Gasteiger charge is 2.32. The Balaban J connectivity index is 0.000000364. The van der Waals surface area contributed by atoms with Crippen LogP contribution in [-0.4, -0.2) is 132 Å². The van der Waals surface area contributed by atoms with Gasteiger partial charge in [0.15, 0.2) is 11.5 Å². The molecule has 0 spiro atoms. The van der Waals surface area contributed by atoms with E-state index in [2.05, 4.69) is 48.4 Å². The molecule has 2 saturated heterocycles. The van der Waals surface area contributed by atoms with Crippen molar-refractivity contribution in [3.05, 3.63) is 102 Å². The number of aliphatic carboxylic acids is 1. The van der Waals surface area contributed by atoms with Crippen LogP contribution in [0.15, 0.2) is 90.9 Å². The van der Waals surface area contributed by atoms with Crippen molar-refractivity contribution in [1.82, 2.24) is 9.80 Å². The second-order valence-electron chi connectivity index (χ2n) is 12.7. The minimum absolute atomic E-state index is 0.0212. The van der Waals surface area contributed by atoms with Crippen LogP contribution in [0.1, 0.15) is 30.9 Å². The van der Waals surface area contributed by atoms with Gasteiger partial charge >= 0.3 is 5.97 Å². The summed E-state index contributed by atoms with van der Waals surface area (Å²) in [5, 5.41) is 9.32. The predicted molar refractivity (Wildman–Crippen MR) is 223 cm³/mol. The predicted octanol–water partition coefficient (Wildman–Crippen LogP) is 6.45. The first-order valence-electron chi connectivity index (χ1n) is 18.7. The number of benzene rings is 2. The van der Waals surface area contributed by atoms with Gasteiger partial charge in [0.05, 0.1) is 48.1 Å². The van der Waals surface area contributed by atoms with E-state index in [4.69, 9.17) is 33.2 Å². The summed E-state index contributed by atoms with van der Waals surface area (Å²) in [5.74, 6) is 3.31. The summed E-state index contributed by atoms with van der Waals surface area (Å²) in [6.45, 7) is 15.0. The first kappa shape index (κ1) is 47.7. The van der Waals surface area contributed by atoms with Gasteiger partial charge in [0.1, 0.15) is 36.5 Å². The molecule has 13 heteroatoms. The molecule has 0 aromatic heterocycles. The van der Waals surface area contributed by atoms with E-state index in [1.54, 1.807) is 39.6 Å². The molecule has 0 saturated carbocycles. The summed E-state index contributed by atoms with van der Waals surface area (Å²) >= 11 is 1.53. The van der Waals surface area contributed by atoms with Gasteiger partial charge in [0, 0.05) is 44.8 Å². The third kappa shape index (κ3) is 18.0. The molecule has 2 heterocycles. The molecule has 0 bridgehead atoms. The summed E-state index contributed by atoms with van der Waals surface area (Å²) < 4.78 is 37.3. The first-order valence-corrected chi connectivity index (χ1v) is 19.8. The summed E-state index contributed by atoms with van der Waals surface area (Å²) in [5.41, 5.74) is 3.17. The number of thioether (sulfide) groups is 1. The smallest absolute Gasteiger partial charge is 0.327 e. The Kier molecular flexibility index (Phi) is 23.9. The van der Waals surface area contributed by atoms with Crippen molar-refractivity contribution in [2.45, 2.75) is 38.6 Å². The van der Waals surface area contributed by atoms with Gasteiger partial charge in [-0.15, -0.1) is 6.58 Å². The fourth-order valence-corrected chi connectivity index (χ4v) is 6.78. The van der Waals surface area contributed by atoms with Gasteiger partial charge in [0.2, 0.25) is 5.91 Å². The maximum Gasteiger partial charge on any atom is 0.327 e. The number of allylic oxidation sites excluding steroid dienone is 3. The molecule has 4 rings (SSSR count). The SMILES string of the molecule is C=C(/C=C(\C=C(/COC)OC)CC(=O)N1CCSCC1C(=O)O)OC.C=CC.COc1ccc(CCCc2cccc(OCCN3CCOCC3)c2)cc1OC. The molecule has 2 aliphatic heterocycles. The number of carboxylic acid groups (broad SMARTS) is 1. The molecule has 2 fully saturated rings. The lowest BCUT2D eigenvalue weighted by Crippen LogP contribution is -2.50. The molecule has 1 unspecified atom stereocenters. The molecule has 2 aliphatic rings. The summed E-state index contributed by atoms with van der Waals surface area (Å²) in [7, 11) is 7.87. The molecule has 56 heavy (non-hydrogen) atoms. The van der Waals surface area contributed by atoms with E-state index in [1.807, 2.05) is 19.1 Å². The number of amides is 1. The number of hydrogen-bond acceptors (Lipinski definition) is 11. The van der Waals surface area contributed by atoms with Crippen molar-refractivity contribution in [2.24, 2.45) is 0 Å². The molecule has 1 atom stereocenters. The number of hydrogen-bond donors (Lipinski definition) is 1. The molecular weight excluding hydrogens is 737 g/mol. The minimum atomic E-state index is -0.986. The molecule has 2 aromatic rings. The molecule has 310 valence electrons. The van der Waals surface area contributed by atoms with E-state index in [1.165, 1.54) is 42.0 Å². The van der Waals surface area contributed by atoms with Crippen LogP contribution in [-0.2, 0) is 41.4 Å². The van der Waals surface area contributed by atoms with Gasteiger partial charge in [-0.3, -0.25) is 9.69 Å². The average molecular weight is 799 g/mol. The fourth-order valence-electron chi connectivity index (χ4n) is 5.74. The van der Waals surface area contributed by atoms with Crippen LogP contribution >= 0.6 is 11.8 Å². The van der Waals surface area contributed by atoms with E-state index in [0.717, 1.165) is 81.7 Å². The van der Waals surface area contributed by atoms with Gasteiger partial charge in [-0.25, -0.2) is 4.79 Å². The molecule has 2 aromatic carbocycles. The van der Waals surface area contributed by atoms with Crippen molar-refractivity contribution in [2.75, 3.05) is 99.7 Å². The van der Waals surface area contributed by atoms with Crippen LogP contribution in [0.3, 0.4) is 0 Å². The van der Waals surface area contributed by atoms with Gasteiger partial charge in [-0.2, -0.15) is 11.8 Å². The van der Waals surface area contributed by atoms with Crippen molar-refractivity contribution >= 4 is 23.6 Å². The lowest BCUT2D eigenvalue weighted by molar-refractivity contribution is -0.148. The normalized spacial score (nSPS) is 15.9. The van der Waals surface area contributed by atoms with Crippen molar-refractivity contribution in [1.29, 1.82) is 0 Å². The van der Waals surface area contributed by atoms with Crippen LogP contribution in [0.2, 0.25) is 0 Å². The lowest BCUT2D eigenvalue weighted by atomic mass is 10.0. The quantitative estimate of drug-likeness (QED) is 0.0955. The van der Waals surface area contributed by atoms with Gasteiger partial charge < -0.3 is 43.2 Å². The third-order valence-corrected chi connectivity index (χ3v) is 9.67. The minimum Gasteiger partial charge on any atom is -0.499 e. The molecule has 0 aliphatic carbocycles. The van der Waals surface area contributed by atoms with E-state index >= 15 is 0 Å². The monoisotopic (exact) mass is 798 g/mol. The number of rotatable bonds is 19. The second-order valence-corrected chi connectivity index (χ2v) is 13.9. The standard InChI is InChI=1S/C23H31NO4.C17H25NO6S.C3H6/c1-25-22-10-9-20(18-23(22)26-2)6-3-5-19-7-4-8-21(17-19)28-16-13-24-11-14-27-15-12-24;1-12(23-3)7-13(8-14(24-4)10-22-2)9-16(19)18-5-6-25-11-15(18)17(20)21;1-3-2/h4,7-10,17-18H,3,5-6,11-16H2,1-2H3;7-8,15H,1,5-6,9-11H2,2-4H3,(H,20,21);3H,1H2,2H3/b;13-7+,14-8+;. The Morgan fingerprint density at radius 1 is 0.946 bits per heavy atom.